The van der Waals surface area contributed by atoms with Gasteiger partial charge in [0.2, 0.25) is 5.91 Å². The van der Waals surface area contributed by atoms with Gasteiger partial charge in [-0.2, -0.15) is 0 Å². The summed E-state index contributed by atoms with van der Waals surface area (Å²) in [7, 11) is 0. The summed E-state index contributed by atoms with van der Waals surface area (Å²) in [6, 6.07) is 10.4. The van der Waals surface area contributed by atoms with E-state index in [0.29, 0.717) is 6.67 Å². The maximum atomic E-state index is 12.5. The third-order valence-corrected chi connectivity index (χ3v) is 4.09. The fraction of sp³-hybridized carbons (Fsp3) is 0.562. The fourth-order valence-electron chi connectivity index (χ4n) is 2.38. The first-order valence-electron chi connectivity index (χ1n) is 6.97. The van der Waals surface area contributed by atoms with E-state index in [0.717, 1.165) is 6.42 Å². The van der Waals surface area contributed by atoms with Gasteiger partial charge in [0, 0.05) is 6.04 Å². The smallest absolute Gasteiger partial charge is 0.241 e. The average molecular weight is 260 g/mol. The zero-order chi connectivity index (χ0) is 14.0. The van der Waals surface area contributed by atoms with E-state index in [1.54, 1.807) is 0 Å². The molecule has 1 amide bonds. The molecule has 0 saturated carbocycles. The molecule has 1 aliphatic heterocycles. The Morgan fingerprint density at radius 1 is 1.32 bits per heavy atom. The minimum atomic E-state index is -0.0767. The van der Waals surface area contributed by atoms with E-state index in [1.165, 1.54) is 5.56 Å². The van der Waals surface area contributed by atoms with Crippen molar-refractivity contribution in [3.05, 3.63) is 35.9 Å². The predicted molar refractivity (Wildman–Crippen MR) is 77.7 cm³/mol. The van der Waals surface area contributed by atoms with Crippen LogP contribution in [0.2, 0.25) is 0 Å². The van der Waals surface area contributed by atoms with Crippen molar-refractivity contribution in [2.75, 3.05) is 6.67 Å². The van der Waals surface area contributed by atoms with Gasteiger partial charge in [-0.1, -0.05) is 51.1 Å². The Balaban J connectivity index is 2.02. The molecule has 0 aliphatic carbocycles. The van der Waals surface area contributed by atoms with Gasteiger partial charge in [-0.3, -0.25) is 10.1 Å². The van der Waals surface area contributed by atoms with Crippen molar-refractivity contribution in [2.45, 2.75) is 46.2 Å². The summed E-state index contributed by atoms with van der Waals surface area (Å²) < 4.78 is 0. The lowest BCUT2D eigenvalue weighted by atomic mass is 9.87. The van der Waals surface area contributed by atoms with Gasteiger partial charge >= 0.3 is 0 Å². The summed E-state index contributed by atoms with van der Waals surface area (Å²) in [4.78, 5) is 14.4. The number of rotatable bonds is 3. The van der Waals surface area contributed by atoms with Crippen molar-refractivity contribution in [3.63, 3.8) is 0 Å². The zero-order valence-corrected chi connectivity index (χ0v) is 12.3. The highest BCUT2D eigenvalue weighted by molar-refractivity contribution is 5.84. The number of nitrogens with zero attached hydrogens (tertiary/aromatic N) is 1. The number of nitrogens with one attached hydrogen (secondary N) is 1. The van der Waals surface area contributed by atoms with Gasteiger partial charge in [-0.15, -0.1) is 0 Å². The minimum Gasteiger partial charge on any atom is -0.325 e. The Bertz CT molecular complexity index is 436. The third kappa shape index (κ3) is 3.16. The summed E-state index contributed by atoms with van der Waals surface area (Å²) in [6.07, 6.45) is 0.771. The van der Waals surface area contributed by atoms with Crippen LogP contribution in [0, 0.1) is 5.41 Å². The van der Waals surface area contributed by atoms with Crippen LogP contribution in [-0.4, -0.2) is 29.6 Å². The lowest BCUT2D eigenvalue weighted by Crippen LogP contribution is -2.44. The summed E-state index contributed by atoms with van der Waals surface area (Å²) in [6.45, 7) is 9.32. The van der Waals surface area contributed by atoms with E-state index >= 15 is 0 Å². The normalized spacial score (nSPS) is 21.8. The maximum absolute atomic E-state index is 12.5. The van der Waals surface area contributed by atoms with Crippen molar-refractivity contribution in [1.29, 1.82) is 0 Å². The summed E-state index contributed by atoms with van der Waals surface area (Å²) in [5, 5.41) is 3.33. The van der Waals surface area contributed by atoms with Crippen LogP contribution in [0.3, 0.4) is 0 Å². The molecule has 0 spiro atoms. The Hall–Kier alpha value is -1.35. The lowest BCUT2D eigenvalue weighted by Gasteiger charge is -2.34. The molecule has 3 heteroatoms. The van der Waals surface area contributed by atoms with Gasteiger partial charge in [-0.25, -0.2) is 0 Å². The SMILES string of the molecule is CC(N1CNC(Cc2ccccc2)C1=O)C(C)(C)C. The molecule has 3 nitrogen and oxygen atoms in total. The molecule has 2 unspecified atom stereocenters. The monoisotopic (exact) mass is 260 g/mol. The largest absolute Gasteiger partial charge is 0.325 e. The van der Waals surface area contributed by atoms with Gasteiger partial charge in [-0.05, 0) is 24.3 Å². The van der Waals surface area contributed by atoms with Crippen LogP contribution in [0.15, 0.2) is 30.3 Å². The summed E-state index contributed by atoms with van der Waals surface area (Å²) in [5.41, 5.74) is 1.32. The summed E-state index contributed by atoms with van der Waals surface area (Å²) in [5.74, 6) is 0.228. The van der Waals surface area contributed by atoms with Crippen molar-refractivity contribution in [1.82, 2.24) is 10.2 Å². The van der Waals surface area contributed by atoms with Crippen LogP contribution < -0.4 is 5.32 Å². The standard InChI is InChI=1S/C16H24N2O/c1-12(16(2,3)4)18-11-17-14(15(18)19)10-13-8-6-5-7-9-13/h5-9,12,14,17H,10-11H2,1-4H3. The molecule has 104 valence electrons. The molecule has 2 rings (SSSR count). The average Bonchev–Trinajstić information content (AvgIpc) is 2.70. The zero-order valence-electron chi connectivity index (χ0n) is 12.3. The van der Waals surface area contributed by atoms with E-state index in [9.17, 15) is 4.79 Å². The second-order valence-corrected chi connectivity index (χ2v) is 6.45. The molecule has 0 bridgehead atoms. The second kappa shape index (κ2) is 5.33. The van der Waals surface area contributed by atoms with Crippen molar-refractivity contribution >= 4 is 5.91 Å². The Labute approximate surface area is 116 Å². The number of amides is 1. The molecule has 1 aromatic carbocycles. The van der Waals surface area contributed by atoms with Gasteiger partial charge in [0.05, 0.1) is 12.7 Å². The van der Waals surface area contributed by atoms with E-state index in [-0.39, 0.29) is 23.4 Å². The molecular weight excluding hydrogens is 236 g/mol. The van der Waals surface area contributed by atoms with E-state index < -0.39 is 0 Å². The molecule has 0 aromatic heterocycles. The number of carbonyl (C=O) groups is 1. The first kappa shape index (κ1) is 14.1. The van der Waals surface area contributed by atoms with E-state index in [2.05, 4.69) is 45.1 Å². The number of carbonyl (C=O) groups excluding carboxylic acids is 1. The Morgan fingerprint density at radius 3 is 2.53 bits per heavy atom. The third-order valence-electron chi connectivity index (χ3n) is 4.09. The van der Waals surface area contributed by atoms with E-state index in [4.69, 9.17) is 0 Å². The Kier molecular flexibility index (Phi) is 3.95. The first-order chi connectivity index (χ1) is 8.89. The van der Waals surface area contributed by atoms with Gasteiger partial charge < -0.3 is 4.90 Å². The number of hydrogen-bond donors (Lipinski definition) is 1. The lowest BCUT2D eigenvalue weighted by molar-refractivity contribution is -0.132. The predicted octanol–water partition coefficient (Wildman–Crippen LogP) is 2.42. The van der Waals surface area contributed by atoms with Crippen LogP contribution in [0.25, 0.3) is 0 Å². The molecule has 2 atom stereocenters. The summed E-state index contributed by atoms with van der Waals surface area (Å²) >= 11 is 0. The molecular formula is C16H24N2O. The first-order valence-corrected chi connectivity index (χ1v) is 6.97. The van der Waals surface area contributed by atoms with Crippen LogP contribution in [0.1, 0.15) is 33.3 Å². The maximum Gasteiger partial charge on any atom is 0.241 e. The molecule has 1 aliphatic rings. The quantitative estimate of drug-likeness (QED) is 0.905. The Morgan fingerprint density at radius 2 is 1.95 bits per heavy atom. The van der Waals surface area contributed by atoms with Gasteiger partial charge in [0.25, 0.3) is 0 Å². The molecule has 0 radical (unpaired) electrons. The molecule has 1 N–H and O–H groups in total. The highest BCUT2D eigenvalue weighted by Gasteiger charge is 2.37. The van der Waals surface area contributed by atoms with Crippen molar-refractivity contribution in [3.8, 4) is 0 Å². The highest BCUT2D eigenvalue weighted by atomic mass is 16.2. The molecule has 1 saturated heterocycles. The highest BCUT2D eigenvalue weighted by Crippen LogP contribution is 2.26. The molecule has 19 heavy (non-hydrogen) atoms. The topological polar surface area (TPSA) is 32.3 Å². The van der Waals surface area contributed by atoms with Gasteiger partial charge in [0.1, 0.15) is 0 Å². The fourth-order valence-corrected chi connectivity index (χ4v) is 2.38. The molecule has 1 heterocycles. The van der Waals surface area contributed by atoms with Gasteiger partial charge in [0.15, 0.2) is 0 Å². The van der Waals surface area contributed by atoms with E-state index in [1.807, 2.05) is 23.1 Å². The second-order valence-electron chi connectivity index (χ2n) is 6.45. The van der Waals surface area contributed by atoms with Crippen LogP contribution in [-0.2, 0) is 11.2 Å². The van der Waals surface area contributed by atoms with Crippen molar-refractivity contribution in [2.24, 2.45) is 5.41 Å². The van der Waals surface area contributed by atoms with Crippen molar-refractivity contribution < 1.29 is 4.79 Å². The molecule has 1 fully saturated rings. The van der Waals surface area contributed by atoms with Crippen LogP contribution in [0.4, 0.5) is 0 Å². The number of benzene rings is 1. The van der Waals surface area contributed by atoms with Crippen LogP contribution in [0.5, 0.6) is 0 Å². The van der Waals surface area contributed by atoms with Crippen LogP contribution >= 0.6 is 0 Å². The number of hydrogen-bond acceptors (Lipinski definition) is 2. The molecule has 1 aromatic rings. The minimum absolute atomic E-state index is 0.0767.